The molecular formula is C37H58O3. The molecule has 1 aliphatic rings. The summed E-state index contributed by atoms with van der Waals surface area (Å²) in [6, 6.07) is 4.38. The first-order valence-corrected chi connectivity index (χ1v) is 15.5. The molecule has 0 heterocycles. The summed E-state index contributed by atoms with van der Waals surface area (Å²) in [5.74, 6) is -0.411. The van der Waals surface area contributed by atoms with Gasteiger partial charge in [-0.15, -0.1) is 0 Å². The van der Waals surface area contributed by atoms with Gasteiger partial charge in [-0.05, 0) is 64.1 Å². The Labute approximate surface area is 246 Å². The van der Waals surface area contributed by atoms with Gasteiger partial charge in [0.1, 0.15) is 11.4 Å². The largest absolute Gasteiger partial charge is 0.507 e. The van der Waals surface area contributed by atoms with Crippen molar-refractivity contribution in [2.24, 2.45) is 10.8 Å². The van der Waals surface area contributed by atoms with Crippen LogP contribution in [0.1, 0.15) is 145 Å². The topological polar surface area (TPSA) is 46.5 Å². The first kappa shape index (κ1) is 33.9. The minimum Gasteiger partial charge on any atom is -0.507 e. The van der Waals surface area contributed by atoms with Crippen LogP contribution in [0.2, 0.25) is 0 Å². The zero-order chi connectivity index (χ0) is 30.9. The van der Waals surface area contributed by atoms with Crippen molar-refractivity contribution in [3.63, 3.8) is 0 Å². The standard InChI is InChI=1S/C37H58O3/c1-15-31(38)40-37(21-20-26(33(7,8)16-2)24-30(37)36(13,14)19-5)25(6)28-22-27(34(9,10)17-3)23-29(32(28)39)35(11,12)18-4/h15,20,22-25,39H,1,16-19,21H2,2-14H3. The monoisotopic (exact) mass is 550 g/mol. The highest BCUT2D eigenvalue weighted by Gasteiger charge is 2.51. The summed E-state index contributed by atoms with van der Waals surface area (Å²) in [5, 5.41) is 12.0. The molecule has 3 heteroatoms. The maximum Gasteiger partial charge on any atom is 0.331 e. The number of rotatable bonds is 12. The lowest BCUT2D eigenvalue weighted by atomic mass is 9.61. The molecule has 0 aliphatic heterocycles. The van der Waals surface area contributed by atoms with Gasteiger partial charge in [-0.25, -0.2) is 4.79 Å². The fourth-order valence-corrected chi connectivity index (χ4v) is 5.70. The Kier molecular flexibility index (Phi) is 10.1. The molecule has 0 amide bonds. The van der Waals surface area contributed by atoms with E-state index in [0.29, 0.717) is 12.2 Å². The van der Waals surface area contributed by atoms with Gasteiger partial charge in [-0.1, -0.05) is 121 Å². The highest BCUT2D eigenvalue weighted by Crippen LogP contribution is 2.55. The first-order valence-electron chi connectivity index (χ1n) is 15.5. The van der Waals surface area contributed by atoms with Gasteiger partial charge in [0.2, 0.25) is 0 Å². The molecule has 2 rings (SSSR count). The quantitative estimate of drug-likeness (QED) is 0.208. The number of carbonyl (C=O) groups is 1. The predicted molar refractivity (Wildman–Crippen MR) is 171 cm³/mol. The number of phenols is 1. The lowest BCUT2D eigenvalue weighted by Crippen LogP contribution is -2.47. The Bertz CT molecular complexity index is 1160. The van der Waals surface area contributed by atoms with Crippen molar-refractivity contribution in [1.29, 1.82) is 0 Å². The zero-order valence-electron chi connectivity index (χ0n) is 28.0. The lowest BCUT2D eigenvalue weighted by molar-refractivity contribution is -0.153. The second kappa shape index (κ2) is 11.9. The summed E-state index contributed by atoms with van der Waals surface area (Å²) in [4.78, 5) is 13.1. The fourth-order valence-electron chi connectivity index (χ4n) is 5.70. The average molecular weight is 551 g/mol. The molecule has 0 aromatic heterocycles. The molecule has 0 radical (unpaired) electrons. The van der Waals surface area contributed by atoms with E-state index in [4.69, 9.17) is 4.74 Å². The molecular weight excluding hydrogens is 492 g/mol. The molecule has 3 nitrogen and oxygen atoms in total. The lowest BCUT2D eigenvalue weighted by Gasteiger charge is -2.49. The molecule has 0 saturated carbocycles. The Hall–Kier alpha value is -2.29. The van der Waals surface area contributed by atoms with Crippen molar-refractivity contribution < 1.29 is 14.6 Å². The van der Waals surface area contributed by atoms with E-state index in [2.05, 4.69) is 121 Å². The van der Waals surface area contributed by atoms with E-state index in [0.717, 1.165) is 42.4 Å². The molecule has 0 spiro atoms. The van der Waals surface area contributed by atoms with Gasteiger partial charge in [-0.2, -0.15) is 0 Å². The second-order valence-corrected chi connectivity index (χ2v) is 14.6. The van der Waals surface area contributed by atoms with E-state index in [1.54, 1.807) is 0 Å². The third-order valence-corrected chi connectivity index (χ3v) is 10.7. The number of hydrogen-bond acceptors (Lipinski definition) is 3. The molecule has 224 valence electrons. The van der Waals surface area contributed by atoms with Crippen LogP contribution in [0.5, 0.6) is 5.75 Å². The van der Waals surface area contributed by atoms with Crippen LogP contribution >= 0.6 is 0 Å². The molecule has 1 aromatic carbocycles. The number of ether oxygens (including phenoxy) is 1. The van der Waals surface area contributed by atoms with Crippen molar-refractivity contribution >= 4 is 5.97 Å². The van der Waals surface area contributed by atoms with Gasteiger partial charge in [-0.3, -0.25) is 0 Å². The van der Waals surface area contributed by atoms with Crippen molar-refractivity contribution in [2.45, 2.75) is 144 Å². The van der Waals surface area contributed by atoms with Crippen molar-refractivity contribution in [3.05, 3.63) is 64.8 Å². The molecule has 0 saturated heterocycles. The van der Waals surface area contributed by atoms with Crippen LogP contribution in [0.4, 0.5) is 0 Å². The minimum absolute atomic E-state index is 0.00155. The summed E-state index contributed by atoms with van der Waals surface area (Å²) in [6.07, 6.45) is 10.2. The van der Waals surface area contributed by atoms with Crippen LogP contribution in [0.25, 0.3) is 0 Å². The molecule has 1 aliphatic carbocycles. The van der Waals surface area contributed by atoms with Gasteiger partial charge >= 0.3 is 5.97 Å². The molecule has 2 atom stereocenters. The number of aromatic hydroxyl groups is 1. The van der Waals surface area contributed by atoms with Gasteiger partial charge in [0.15, 0.2) is 0 Å². The number of allylic oxidation sites excluding steroid dienone is 2. The summed E-state index contributed by atoms with van der Waals surface area (Å²) in [7, 11) is 0. The van der Waals surface area contributed by atoms with Crippen LogP contribution in [-0.2, 0) is 20.4 Å². The third kappa shape index (κ3) is 6.29. The molecule has 40 heavy (non-hydrogen) atoms. The predicted octanol–water partition coefficient (Wildman–Crippen LogP) is 10.5. The van der Waals surface area contributed by atoms with Crippen LogP contribution in [0.3, 0.4) is 0 Å². The average Bonchev–Trinajstić information content (AvgIpc) is 2.92. The normalized spacial score (nSPS) is 19.5. The van der Waals surface area contributed by atoms with Gasteiger partial charge in [0.05, 0.1) is 0 Å². The van der Waals surface area contributed by atoms with E-state index in [1.807, 2.05) is 0 Å². The molecule has 0 bridgehead atoms. The Morgan fingerprint density at radius 2 is 1.45 bits per heavy atom. The number of carbonyl (C=O) groups excluding carboxylic acids is 1. The summed E-state index contributed by atoms with van der Waals surface area (Å²) in [6.45, 7) is 32.6. The van der Waals surface area contributed by atoms with Crippen LogP contribution < -0.4 is 0 Å². The fraction of sp³-hybridized carbons (Fsp3) is 0.649. The van der Waals surface area contributed by atoms with Crippen molar-refractivity contribution in [3.8, 4) is 5.75 Å². The van der Waals surface area contributed by atoms with Crippen LogP contribution in [0.15, 0.2) is 48.1 Å². The molecule has 2 unspecified atom stereocenters. The number of phenolic OH excluding ortho intramolecular Hbond substituents is 1. The highest BCUT2D eigenvalue weighted by atomic mass is 16.6. The molecule has 1 N–H and O–H groups in total. The molecule has 1 aromatic rings. The number of hydrogen-bond donors (Lipinski definition) is 1. The van der Waals surface area contributed by atoms with Crippen LogP contribution in [-0.4, -0.2) is 16.7 Å². The maximum atomic E-state index is 13.1. The van der Waals surface area contributed by atoms with Crippen molar-refractivity contribution in [1.82, 2.24) is 0 Å². The second-order valence-electron chi connectivity index (χ2n) is 14.6. The maximum absolute atomic E-state index is 13.1. The van der Waals surface area contributed by atoms with Gasteiger partial charge in [0, 0.05) is 29.5 Å². The smallest absolute Gasteiger partial charge is 0.331 e. The minimum atomic E-state index is -0.960. The van der Waals surface area contributed by atoms with E-state index in [1.165, 1.54) is 17.2 Å². The van der Waals surface area contributed by atoms with E-state index in [9.17, 15) is 9.90 Å². The van der Waals surface area contributed by atoms with Crippen LogP contribution in [0, 0.1) is 10.8 Å². The Morgan fingerprint density at radius 3 is 1.93 bits per heavy atom. The zero-order valence-corrected chi connectivity index (χ0v) is 28.0. The van der Waals surface area contributed by atoms with Gasteiger partial charge < -0.3 is 9.84 Å². The summed E-state index contributed by atoms with van der Waals surface area (Å²) < 4.78 is 6.52. The number of benzene rings is 1. The third-order valence-electron chi connectivity index (χ3n) is 10.7. The Balaban J connectivity index is 3.02. The van der Waals surface area contributed by atoms with Gasteiger partial charge in [0.25, 0.3) is 0 Å². The SMILES string of the molecule is C=CC(=O)OC1(C(C)c2cc(C(C)(C)CC)cc(C(C)(C)CC)c2O)CC=C(C(C)(C)CC)C=C1C(C)(C)CC. The van der Waals surface area contributed by atoms with E-state index >= 15 is 0 Å². The van der Waals surface area contributed by atoms with E-state index in [-0.39, 0.29) is 27.6 Å². The first-order chi connectivity index (χ1) is 18.3. The molecule has 0 fully saturated rings. The summed E-state index contributed by atoms with van der Waals surface area (Å²) in [5.41, 5.74) is 3.92. The Morgan fingerprint density at radius 1 is 0.925 bits per heavy atom. The summed E-state index contributed by atoms with van der Waals surface area (Å²) >= 11 is 0. The number of esters is 1. The van der Waals surface area contributed by atoms with E-state index < -0.39 is 11.6 Å². The highest BCUT2D eigenvalue weighted by molar-refractivity contribution is 5.82. The van der Waals surface area contributed by atoms with Crippen molar-refractivity contribution in [2.75, 3.05) is 0 Å².